The molecule has 1 aromatic rings. The van der Waals surface area contributed by atoms with Crippen LogP contribution in [0.2, 0.25) is 0 Å². The smallest absolute Gasteiger partial charge is 0.191 e. The van der Waals surface area contributed by atoms with E-state index < -0.39 is 0 Å². The van der Waals surface area contributed by atoms with Gasteiger partial charge in [-0.15, -0.1) is 10.2 Å². The van der Waals surface area contributed by atoms with E-state index in [4.69, 9.17) is 4.74 Å². The summed E-state index contributed by atoms with van der Waals surface area (Å²) >= 11 is 0. The summed E-state index contributed by atoms with van der Waals surface area (Å²) in [5, 5.41) is 15.2. The van der Waals surface area contributed by atoms with E-state index in [0.29, 0.717) is 6.54 Å². The molecule has 0 spiro atoms. The summed E-state index contributed by atoms with van der Waals surface area (Å²) in [4.78, 5) is 4.25. The molecule has 2 N–H and O–H groups in total. The van der Waals surface area contributed by atoms with Gasteiger partial charge in [0.05, 0.1) is 6.54 Å². The molecule has 0 bridgehead atoms. The second-order valence-electron chi connectivity index (χ2n) is 6.37. The average Bonchev–Trinajstić information content (AvgIpc) is 3.32. The predicted octanol–water partition coefficient (Wildman–Crippen LogP) is 1.10. The lowest BCUT2D eigenvalue weighted by molar-refractivity contribution is 0.123. The van der Waals surface area contributed by atoms with Crippen LogP contribution in [0.5, 0.6) is 0 Å². The molecule has 1 aliphatic carbocycles. The number of aryl methyl sites for hydroxylation is 1. The van der Waals surface area contributed by atoms with Gasteiger partial charge in [-0.25, -0.2) is 0 Å². The van der Waals surface area contributed by atoms with Gasteiger partial charge in [0.25, 0.3) is 0 Å². The second kappa shape index (κ2) is 8.29. The van der Waals surface area contributed by atoms with Crippen molar-refractivity contribution in [1.82, 2.24) is 25.4 Å². The van der Waals surface area contributed by atoms with Gasteiger partial charge in [-0.3, -0.25) is 4.99 Å². The second-order valence-corrected chi connectivity index (χ2v) is 6.37. The fraction of sp³-hybridized carbons (Fsp3) is 0.812. The molecule has 23 heavy (non-hydrogen) atoms. The number of nitrogens with one attached hydrogen (secondary N) is 2. The highest BCUT2D eigenvalue weighted by Crippen LogP contribution is 2.28. The van der Waals surface area contributed by atoms with Gasteiger partial charge in [0, 0.05) is 39.8 Å². The molecule has 0 saturated heterocycles. The lowest BCUT2D eigenvalue weighted by atomic mass is 10.2. The molecule has 128 valence electrons. The minimum absolute atomic E-state index is 0.658. The van der Waals surface area contributed by atoms with Crippen molar-refractivity contribution >= 4 is 5.96 Å². The van der Waals surface area contributed by atoms with Crippen molar-refractivity contribution in [1.29, 1.82) is 0 Å². The van der Waals surface area contributed by atoms with Gasteiger partial charge >= 0.3 is 0 Å². The van der Waals surface area contributed by atoms with Crippen molar-refractivity contribution in [2.45, 2.75) is 51.6 Å². The normalized spacial score (nSPS) is 17.9. The summed E-state index contributed by atoms with van der Waals surface area (Å²) in [5.74, 6) is 3.76. The van der Waals surface area contributed by atoms with Crippen LogP contribution in [0, 0.1) is 5.92 Å². The van der Waals surface area contributed by atoms with Crippen LogP contribution in [0.15, 0.2) is 4.99 Å². The molecule has 0 aromatic carbocycles. The summed E-state index contributed by atoms with van der Waals surface area (Å²) in [6, 6.07) is 0. The van der Waals surface area contributed by atoms with Crippen LogP contribution >= 0.6 is 0 Å². The van der Waals surface area contributed by atoms with Crippen LogP contribution in [-0.2, 0) is 24.2 Å². The number of aromatic nitrogens is 3. The van der Waals surface area contributed by atoms with Crippen LogP contribution in [0.1, 0.15) is 43.8 Å². The molecule has 1 aromatic heterocycles. The first-order chi connectivity index (χ1) is 11.4. The lowest BCUT2D eigenvalue weighted by Crippen LogP contribution is -2.38. The molecule has 2 aliphatic rings. The van der Waals surface area contributed by atoms with Crippen LogP contribution in [0.3, 0.4) is 0 Å². The van der Waals surface area contributed by atoms with E-state index in [9.17, 15) is 0 Å². The van der Waals surface area contributed by atoms with Crippen molar-refractivity contribution in [3.8, 4) is 0 Å². The summed E-state index contributed by atoms with van der Waals surface area (Å²) in [6.07, 6.45) is 7.17. The number of hydrogen-bond donors (Lipinski definition) is 2. The van der Waals surface area contributed by atoms with Gasteiger partial charge in [0.15, 0.2) is 11.8 Å². The number of rotatable bonds is 8. The standard InChI is InChI=1S/C16H28N6O/c1-17-16(18-8-4-10-23-12-13-6-7-13)19-11-15-21-20-14-5-2-3-9-22(14)15/h13H,2-12H2,1H3,(H2,17,18,19). The lowest BCUT2D eigenvalue weighted by Gasteiger charge is -2.16. The van der Waals surface area contributed by atoms with E-state index in [0.717, 1.165) is 62.7 Å². The first-order valence-electron chi connectivity index (χ1n) is 8.80. The Morgan fingerprint density at radius 3 is 3.04 bits per heavy atom. The Morgan fingerprint density at radius 2 is 2.22 bits per heavy atom. The zero-order chi connectivity index (χ0) is 15.9. The summed E-state index contributed by atoms with van der Waals surface area (Å²) in [6.45, 7) is 4.31. The number of fused-ring (bicyclic) bond motifs is 1. The van der Waals surface area contributed by atoms with Crippen molar-refractivity contribution in [2.24, 2.45) is 10.9 Å². The van der Waals surface area contributed by atoms with Gasteiger partial charge in [-0.2, -0.15) is 0 Å². The summed E-state index contributed by atoms with van der Waals surface area (Å²) in [5.41, 5.74) is 0. The molecule has 1 saturated carbocycles. The van der Waals surface area contributed by atoms with E-state index in [1.807, 2.05) is 0 Å². The van der Waals surface area contributed by atoms with E-state index >= 15 is 0 Å². The maximum Gasteiger partial charge on any atom is 0.191 e. The minimum Gasteiger partial charge on any atom is -0.381 e. The van der Waals surface area contributed by atoms with Crippen molar-refractivity contribution in [3.05, 3.63) is 11.6 Å². The van der Waals surface area contributed by atoms with E-state index in [2.05, 4.69) is 30.4 Å². The van der Waals surface area contributed by atoms with Crippen LogP contribution < -0.4 is 10.6 Å². The van der Waals surface area contributed by atoms with Crippen molar-refractivity contribution in [2.75, 3.05) is 26.8 Å². The molecule has 0 atom stereocenters. The molecule has 0 unspecified atom stereocenters. The zero-order valence-electron chi connectivity index (χ0n) is 14.1. The van der Waals surface area contributed by atoms with Crippen molar-refractivity contribution in [3.63, 3.8) is 0 Å². The SMILES string of the molecule is CN=C(NCCCOCC1CC1)NCc1nnc2n1CCCC2. The third-order valence-electron chi connectivity index (χ3n) is 4.38. The fourth-order valence-electron chi connectivity index (χ4n) is 2.80. The summed E-state index contributed by atoms with van der Waals surface area (Å²) < 4.78 is 7.86. The van der Waals surface area contributed by atoms with Gasteiger partial charge in [-0.05, 0) is 38.0 Å². The molecule has 7 nitrogen and oxygen atoms in total. The summed E-state index contributed by atoms with van der Waals surface area (Å²) in [7, 11) is 1.79. The van der Waals surface area contributed by atoms with Crippen LogP contribution in [0.25, 0.3) is 0 Å². The van der Waals surface area contributed by atoms with Gasteiger partial charge < -0.3 is 19.9 Å². The monoisotopic (exact) mass is 320 g/mol. The molecular formula is C16H28N6O. The molecule has 1 fully saturated rings. The van der Waals surface area contributed by atoms with Crippen LogP contribution in [0.4, 0.5) is 0 Å². The minimum atomic E-state index is 0.658. The molecule has 2 heterocycles. The Labute approximate surface area is 137 Å². The third-order valence-corrected chi connectivity index (χ3v) is 4.38. The first-order valence-corrected chi connectivity index (χ1v) is 8.80. The molecule has 0 radical (unpaired) electrons. The molecular weight excluding hydrogens is 292 g/mol. The van der Waals surface area contributed by atoms with Gasteiger partial charge in [-0.1, -0.05) is 0 Å². The quantitative estimate of drug-likeness (QED) is 0.426. The van der Waals surface area contributed by atoms with E-state index in [1.54, 1.807) is 7.05 Å². The maximum atomic E-state index is 5.63. The highest BCUT2D eigenvalue weighted by atomic mass is 16.5. The Morgan fingerprint density at radius 1 is 1.30 bits per heavy atom. The Bertz CT molecular complexity index is 523. The third kappa shape index (κ3) is 4.92. The Hall–Kier alpha value is -1.63. The number of ether oxygens (including phenoxy) is 1. The van der Waals surface area contributed by atoms with Crippen LogP contribution in [-0.4, -0.2) is 47.5 Å². The van der Waals surface area contributed by atoms with E-state index in [1.165, 1.54) is 25.7 Å². The number of guanidine groups is 1. The fourth-order valence-corrected chi connectivity index (χ4v) is 2.80. The maximum absolute atomic E-state index is 5.63. The Kier molecular flexibility index (Phi) is 5.85. The molecule has 0 amide bonds. The largest absolute Gasteiger partial charge is 0.381 e. The molecule has 3 rings (SSSR count). The molecule has 1 aliphatic heterocycles. The van der Waals surface area contributed by atoms with E-state index in [-0.39, 0.29) is 0 Å². The van der Waals surface area contributed by atoms with Gasteiger partial charge in [0.2, 0.25) is 0 Å². The average molecular weight is 320 g/mol. The number of nitrogens with zero attached hydrogens (tertiary/aromatic N) is 4. The topological polar surface area (TPSA) is 76.4 Å². The predicted molar refractivity (Wildman–Crippen MR) is 89.3 cm³/mol. The number of hydrogen-bond acceptors (Lipinski definition) is 4. The Balaban J connectivity index is 1.33. The first kappa shape index (κ1) is 16.2. The van der Waals surface area contributed by atoms with Gasteiger partial charge in [0.1, 0.15) is 5.82 Å². The van der Waals surface area contributed by atoms with Crippen molar-refractivity contribution < 1.29 is 4.74 Å². The highest BCUT2D eigenvalue weighted by molar-refractivity contribution is 5.79. The molecule has 7 heteroatoms. The highest BCUT2D eigenvalue weighted by Gasteiger charge is 2.20. The zero-order valence-corrected chi connectivity index (χ0v) is 14.1. The number of aliphatic imine (C=N–C) groups is 1.